The average molecular weight is 478 g/mol. The number of halogens is 1. The third-order valence-corrected chi connectivity index (χ3v) is 5.86. The number of hydrogen-bond acceptors (Lipinski definition) is 5. The topological polar surface area (TPSA) is 88.9 Å². The minimum Gasteiger partial charge on any atom is -0.348 e. The Morgan fingerprint density at radius 3 is 2.58 bits per heavy atom. The van der Waals surface area contributed by atoms with Gasteiger partial charge in [-0.15, -0.1) is 10.2 Å². The second-order valence-corrected chi connectivity index (χ2v) is 8.39. The molecule has 0 aliphatic carbocycles. The van der Waals surface area contributed by atoms with Crippen molar-refractivity contribution in [3.63, 3.8) is 0 Å². The van der Waals surface area contributed by atoms with Gasteiger partial charge in [0.15, 0.2) is 5.16 Å². The molecule has 0 bridgehead atoms. The number of anilines is 1. The molecule has 4 rings (SSSR count). The van der Waals surface area contributed by atoms with Crippen molar-refractivity contribution in [2.45, 2.75) is 11.7 Å². The lowest BCUT2D eigenvalue weighted by atomic mass is 10.1. The number of thioether (sulfide) groups is 1. The molecule has 0 aliphatic heterocycles. The average Bonchev–Trinajstić information content (AvgIpc) is 3.31. The van der Waals surface area contributed by atoms with E-state index in [9.17, 15) is 9.59 Å². The normalized spacial score (nSPS) is 10.6. The lowest BCUT2D eigenvalue weighted by molar-refractivity contribution is -0.113. The molecule has 0 saturated carbocycles. The first-order valence-corrected chi connectivity index (χ1v) is 11.5. The van der Waals surface area contributed by atoms with Crippen molar-refractivity contribution in [2.75, 3.05) is 11.1 Å². The highest BCUT2D eigenvalue weighted by Crippen LogP contribution is 2.22. The van der Waals surface area contributed by atoms with Gasteiger partial charge >= 0.3 is 0 Å². The highest BCUT2D eigenvalue weighted by molar-refractivity contribution is 7.99. The molecule has 0 unspecified atom stereocenters. The smallest absolute Gasteiger partial charge is 0.253 e. The van der Waals surface area contributed by atoms with E-state index in [1.807, 2.05) is 42.5 Å². The van der Waals surface area contributed by atoms with Crippen molar-refractivity contribution in [1.29, 1.82) is 0 Å². The van der Waals surface area contributed by atoms with Crippen LogP contribution in [0.1, 0.15) is 15.9 Å². The fraction of sp³-hybridized carbons (Fsp3) is 0.0833. The molecule has 3 aromatic carbocycles. The summed E-state index contributed by atoms with van der Waals surface area (Å²) in [6.45, 7) is 0.400. The van der Waals surface area contributed by atoms with Crippen LogP contribution in [0.2, 0.25) is 5.02 Å². The van der Waals surface area contributed by atoms with Gasteiger partial charge in [-0.1, -0.05) is 71.9 Å². The van der Waals surface area contributed by atoms with E-state index in [4.69, 9.17) is 11.6 Å². The van der Waals surface area contributed by atoms with Crippen molar-refractivity contribution >= 4 is 40.9 Å². The molecule has 0 saturated heterocycles. The van der Waals surface area contributed by atoms with E-state index in [2.05, 4.69) is 20.8 Å². The Morgan fingerprint density at radius 1 is 0.970 bits per heavy atom. The van der Waals surface area contributed by atoms with Crippen LogP contribution in [-0.2, 0) is 11.3 Å². The number of hydrogen-bond donors (Lipinski definition) is 2. The molecule has 9 heteroatoms. The minimum atomic E-state index is -0.261. The summed E-state index contributed by atoms with van der Waals surface area (Å²) in [4.78, 5) is 25.3. The summed E-state index contributed by atoms with van der Waals surface area (Å²) >= 11 is 7.31. The molecule has 2 amide bonds. The fourth-order valence-electron chi connectivity index (χ4n) is 3.11. The number of carbonyl (C=O) groups is 2. The molecule has 0 radical (unpaired) electrons. The monoisotopic (exact) mass is 477 g/mol. The summed E-state index contributed by atoms with van der Waals surface area (Å²) in [6, 6.07) is 23.8. The summed E-state index contributed by atoms with van der Waals surface area (Å²) in [5.41, 5.74) is 2.64. The van der Waals surface area contributed by atoms with Crippen LogP contribution in [0, 0.1) is 0 Å². The minimum absolute atomic E-state index is 0.0965. The Balaban J connectivity index is 1.38. The molecule has 0 fully saturated rings. The molecule has 0 atom stereocenters. The van der Waals surface area contributed by atoms with Crippen molar-refractivity contribution in [1.82, 2.24) is 20.1 Å². The van der Waals surface area contributed by atoms with E-state index in [1.165, 1.54) is 11.8 Å². The van der Waals surface area contributed by atoms with E-state index < -0.39 is 0 Å². The summed E-state index contributed by atoms with van der Waals surface area (Å²) in [7, 11) is 0. The van der Waals surface area contributed by atoms with E-state index in [0.29, 0.717) is 28.0 Å². The molecule has 1 aromatic heterocycles. The molecule has 0 aliphatic rings. The highest BCUT2D eigenvalue weighted by Gasteiger charge is 2.15. The summed E-state index contributed by atoms with van der Waals surface area (Å²) < 4.78 is 1.76. The van der Waals surface area contributed by atoms with E-state index in [0.717, 1.165) is 11.3 Å². The van der Waals surface area contributed by atoms with Crippen LogP contribution in [0.15, 0.2) is 90.3 Å². The lowest BCUT2D eigenvalue weighted by Crippen LogP contribution is -2.25. The third-order valence-electron chi connectivity index (χ3n) is 4.68. The molecule has 2 N–H and O–H groups in total. The Kier molecular flexibility index (Phi) is 7.39. The van der Waals surface area contributed by atoms with Crippen LogP contribution in [0.4, 0.5) is 5.69 Å². The molecule has 1 heterocycles. The first kappa shape index (κ1) is 22.6. The number of benzene rings is 3. The van der Waals surface area contributed by atoms with Gasteiger partial charge in [-0.2, -0.15) is 0 Å². The first-order valence-electron chi connectivity index (χ1n) is 10.1. The maximum Gasteiger partial charge on any atom is 0.253 e. The number of carbonyl (C=O) groups excluding carboxylic acids is 2. The number of nitrogens with one attached hydrogen (secondary N) is 2. The van der Waals surface area contributed by atoms with E-state index in [1.54, 1.807) is 47.3 Å². The standard InChI is InChI=1S/C24H20ClN5O2S/c25-18-9-6-10-19(13-18)30-16-27-29-24(30)33-15-22(31)28-21-12-5-4-11-20(21)23(32)26-14-17-7-2-1-3-8-17/h1-13,16H,14-15H2,(H,26,32)(H,28,31). The quantitative estimate of drug-likeness (QED) is 0.362. The van der Waals surface area contributed by atoms with Crippen LogP contribution in [0.3, 0.4) is 0 Å². The van der Waals surface area contributed by atoms with Crippen molar-refractivity contribution < 1.29 is 9.59 Å². The van der Waals surface area contributed by atoms with Crippen LogP contribution in [-0.4, -0.2) is 32.3 Å². The van der Waals surface area contributed by atoms with Crippen LogP contribution in [0.25, 0.3) is 5.69 Å². The number of para-hydroxylation sites is 1. The predicted octanol–water partition coefficient (Wildman–Crippen LogP) is 4.58. The fourth-order valence-corrected chi connectivity index (χ4v) is 4.02. The predicted molar refractivity (Wildman–Crippen MR) is 130 cm³/mol. The van der Waals surface area contributed by atoms with Gasteiger partial charge < -0.3 is 10.6 Å². The second-order valence-electron chi connectivity index (χ2n) is 7.01. The largest absolute Gasteiger partial charge is 0.348 e. The molecule has 0 spiro atoms. The number of amides is 2. The zero-order valence-corrected chi connectivity index (χ0v) is 19.0. The van der Waals surface area contributed by atoms with Crippen molar-refractivity contribution in [2.24, 2.45) is 0 Å². The van der Waals surface area contributed by atoms with Crippen molar-refractivity contribution in [3.05, 3.63) is 101 Å². The summed E-state index contributed by atoms with van der Waals surface area (Å²) in [5, 5.41) is 14.9. The summed E-state index contributed by atoms with van der Waals surface area (Å²) in [6.07, 6.45) is 1.57. The number of rotatable bonds is 8. The Labute approximate surface area is 200 Å². The third kappa shape index (κ3) is 6.00. The summed E-state index contributed by atoms with van der Waals surface area (Å²) in [5.74, 6) is -0.425. The second kappa shape index (κ2) is 10.8. The van der Waals surface area contributed by atoms with Crippen LogP contribution in [0.5, 0.6) is 0 Å². The molecule has 33 heavy (non-hydrogen) atoms. The first-order chi connectivity index (χ1) is 16.1. The SMILES string of the molecule is O=C(CSc1nncn1-c1cccc(Cl)c1)Nc1ccccc1C(=O)NCc1ccccc1. The Bertz CT molecular complexity index is 1260. The maximum absolute atomic E-state index is 12.7. The van der Waals surface area contributed by atoms with Crippen LogP contribution >= 0.6 is 23.4 Å². The highest BCUT2D eigenvalue weighted by atomic mass is 35.5. The molecule has 166 valence electrons. The van der Waals surface area contributed by atoms with Gasteiger partial charge in [0.05, 0.1) is 22.7 Å². The van der Waals surface area contributed by atoms with Gasteiger partial charge in [0.1, 0.15) is 6.33 Å². The molecule has 7 nitrogen and oxygen atoms in total. The van der Waals surface area contributed by atoms with Crippen molar-refractivity contribution in [3.8, 4) is 5.69 Å². The maximum atomic E-state index is 12.7. The molecular weight excluding hydrogens is 458 g/mol. The molecule has 4 aromatic rings. The van der Waals surface area contributed by atoms with Gasteiger partial charge in [0, 0.05) is 11.6 Å². The number of nitrogens with zero attached hydrogens (tertiary/aromatic N) is 3. The zero-order valence-electron chi connectivity index (χ0n) is 17.4. The van der Waals surface area contributed by atoms with Gasteiger partial charge in [-0.25, -0.2) is 0 Å². The van der Waals surface area contributed by atoms with Gasteiger partial charge in [-0.05, 0) is 35.9 Å². The molecular formula is C24H20ClN5O2S. The van der Waals surface area contributed by atoms with Gasteiger partial charge in [0.2, 0.25) is 5.91 Å². The van der Waals surface area contributed by atoms with Crippen LogP contribution < -0.4 is 10.6 Å². The van der Waals surface area contributed by atoms with E-state index >= 15 is 0 Å². The van der Waals surface area contributed by atoms with Gasteiger partial charge in [-0.3, -0.25) is 14.2 Å². The number of aromatic nitrogens is 3. The zero-order chi connectivity index (χ0) is 23.0. The lowest BCUT2D eigenvalue weighted by Gasteiger charge is -2.12. The Hall–Kier alpha value is -3.62. The van der Waals surface area contributed by atoms with E-state index in [-0.39, 0.29) is 17.6 Å². The van der Waals surface area contributed by atoms with Gasteiger partial charge in [0.25, 0.3) is 5.91 Å². The Morgan fingerprint density at radius 2 is 1.76 bits per heavy atom.